The summed E-state index contributed by atoms with van der Waals surface area (Å²) in [4.78, 5) is 7.21. The number of rotatable bonds is 9. The Balaban J connectivity index is 1.63. The van der Waals surface area contributed by atoms with Crippen molar-refractivity contribution in [1.29, 1.82) is 0 Å². The first-order valence-corrected chi connectivity index (χ1v) is 10.0. The maximum absolute atomic E-state index is 6.09. The molecule has 0 saturated carbocycles. The minimum atomic E-state index is -0.154. The summed E-state index contributed by atoms with van der Waals surface area (Å²) in [5.41, 5.74) is 3.51. The van der Waals surface area contributed by atoms with Crippen LogP contribution in [-0.2, 0) is 11.8 Å². The van der Waals surface area contributed by atoms with E-state index in [1.165, 1.54) is 16.8 Å². The number of benzene rings is 2. The molecule has 0 aliphatic heterocycles. The number of nitrogens with zero attached hydrogens (tertiary/aromatic N) is 1. The summed E-state index contributed by atoms with van der Waals surface area (Å²) in [5.74, 6) is 0. The highest BCUT2D eigenvalue weighted by atomic mass is 35.5. The van der Waals surface area contributed by atoms with Gasteiger partial charge >= 0.3 is 0 Å². The molecular weight excluding hydrogens is 377 g/mol. The van der Waals surface area contributed by atoms with E-state index in [4.69, 9.17) is 23.2 Å². The van der Waals surface area contributed by atoms with Crippen LogP contribution in [0.15, 0.2) is 61.1 Å². The molecular formula is C22H25Cl2N3. The summed E-state index contributed by atoms with van der Waals surface area (Å²) >= 11 is 12.2. The van der Waals surface area contributed by atoms with Crippen LogP contribution in [0.5, 0.6) is 0 Å². The number of H-pyrrole nitrogens is 1. The normalized spacial score (nSPS) is 11.7. The fourth-order valence-electron chi connectivity index (χ4n) is 3.33. The summed E-state index contributed by atoms with van der Waals surface area (Å²) in [6, 6.07) is 16.2. The number of aromatic nitrogens is 2. The van der Waals surface area contributed by atoms with Gasteiger partial charge in [-0.1, -0.05) is 54.4 Å². The van der Waals surface area contributed by atoms with Crippen LogP contribution < -0.4 is 5.32 Å². The Labute approximate surface area is 171 Å². The molecule has 3 aromatic rings. The minimum absolute atomic E-state index is 0.154. The van der Waals surface area contributed by atoms with Crippen molar-refractivity contribution in [3.05, 3.63) is 87.9 Å². The average Bonchev–Trinajstić information content (AvgIpc) is 3.19. The predicted octanol–water partition coefficient (Wildman–Crippen LogP) is 5.64. The van der Waals surface area contributed by atoms with E-state index in [2.05, 4.69) is 46.5 Å². The summed E-state index contributed by atoms with van der Waals surface area (Å²) in [6.07, 6.45) is 6.92. The largest absolute Gasteiger partial charge is 0.348 e. The van der Waals surface area contributed by atoms with E-state index >= 15 is 0 Å². The zero-order chi connectivity index (χ0) is 19.1. The number of halogens is 2. The maximum atomic E-state index is 6.09. The van der Waals surface area contributed by atoms with E-state index in [1.807, 2.05) is 30.5 Å². The number of aromatic amines is 1. The second-order valence-electron chi connectivity index (χ2n) is 7.06. The fourth-order valence-corrected chi connectivity index (χ4v) is 3.58. The summed E-state index contributed by atoms with van der Waals surface area (Å²) < 4.78 is 0. The highest BCUT2D eigenvalue weighted by molar-refractivity contribution is 6.30. The molecule has 0 amide bonds. The third-order valence-electron chi connectivity index (χ3n) is 5.05. The van der Waals surface area contributed by atoms with Crippen molar-refractivity contribution >= 4 is 23.2 Å². The van der Waals surface area contributed by atoms with E-state index < -0.39 is 0 Å². The standard InChI is InChI=1S/C22H25Cl2N3/c1-22(17-5-9-19(23)10-6-17,18-7-11-20(24)12-8-18)15-25-13-3-2-4-21-14-26-16-27-21/h5-12,14,16,25H,2-4,13,15H2,1H3,(H,26,27). The molecule has 5 heteroatoms. The molecule has 0 saturated heterocycles. The van der Waals surface area contributed by atoms with Crippen molar-refractivity contribution in [2.24, 2.45) is 0 Å². The quantitative estimate of drug-likeness (QED) is 0.455. The first kappa shape index (κ1) is 19.9. The Kier molecular flexibility index (Phi) is 6.95. The van der Waals surface area contributed by atoms with Gasteiger partial charge in [-0.15, -0.1) is 0 Å². The van der Waals surface area contributed by atoms with Crippen molar-refractivity contribution in [3.63, 3.8) is 0 Å². The van der Waals surface area contributed by atoms with Crippen molar-refractivity contribution in [1.82, 2.24) is 15.3 Å². The van der Waals surface area contributed by atoms with Crippen molar-refractivity contribution in [2.75, 3.05) is 13.1 Å². The highest BCUT2D eigenvalue weighted by Crippen LogP contribution is 2.33. The van der Waals surface area contributed by atoms with E-state index in [9.17, 15) is 0 Å². The molecule has 2 N–H and O–H groups in total. The van der Waals surface area contributed by atoms with E-state index in [-0.39, 0.29) is 5.41 Å². The monoisotopic (exact) mass is 401 g/mol. The van der Waals surface area contributed by atoms with Gasteiger partial charge in [0.1, 0.15) is 0 Å². The average molecular weight is 402 g/mol. The molecule has 0 bridgehead atoms. The second-order valence-corrected chi connectivity index (χ2v) is 7.93. The smallest absolute Gasteiger partial charge is 0.0921 e. The van der Waals surface area contributed by atoms with Crippen LogP contribution in [-0.4, -0.2) is 23.1 Å². The van der Waals surface area contributed by atoms with Gasteiger partial charge in [-0.2, -0.15) is 0 Å². The number of nitrogens with one attached hydrogen (secondary N) is 2. The van der Waals surface area contributed by atoms with Gasteiger partial charge in [0.15, 0.2) is 0 Å². The van der Waals surface area contributed by atoms with E-state index in [1.54, 1.807) is 6.33 Å². The Bertz CT molecular complexity index is 766. The van der Waals surface area contributed by atoms with Gasteiger partial charge in [0.2, 0.25) is 0 Å². The molecule has 1 aromatic heterocycles. The third-order valence-corrected chi connectivity index (χ3v) is 5.55. The van der Waals surface area contributed by atoms with Gasteiger partial charge in [-0.05, 0) is 61.2 Å². The molecule has 0 fully saturated rings. The Hall–Kier alpha value is -1.81. The third kappa shape index (κ3) is 5.35. The van der Waals surface area contributed by atoms with Gasteiger partial charge in [0.05, 0.1) is 6.33 Å². The van der Waals surface area contributed by atoms with Gasteiger partial charge in [-0.3, -0.25) is 0 Å². The molecule has 0 unspecified atom stereocenters. The number of unbranched alkanes of at least 4 members (excludes halogenated alkanes) is 1. The fraction of sp³-hybridized carbons (Fsp3) is 0.318. The van der Waals surface area contributed by atoms with E-state index in [0.29, 0.717) is 0 Å². The van der Waals surface area contributed by atoms with Gasteiger partial charge in [0, 0.05) is 33.9 Å². The first-order valence-electron chi connectivity index (χ1n) is 9.28. The molecule has 0 aliphatic carbocycles. The summed E-state index contributed by atoms with van der Waals surface area (Å²) in [6.45, 7) is 4.09. The number of aryl methyl sites for hydroxylation is 1. The first-order chi connectivity index (χ1) is 13.1. The maximum Gasteiger partial charge on any atom is 0.0921 e. The number of imidazole rings is 1. The van der Waals surface area contributed by atoms with Gasteiger partial charge < -0.3 is 10.3 Å². The highest BCUT2D eigenvalue weighted by Gasteiger charge is 2.28. The molecule has 1 heterocycles. The second kappa shape index (κ2) is 9.41. The molecule has 0 spiro atoms. The molecule has 3 nitrogen and oxygen atoms in total. The Morgan fingerprint density at radius 1 is 0.926 bits per heavy atom. The minimum Gasteiger partial charge on any atom is -0.348 e. The lowest BCUT2D eigenvalue weighted by Gasteiger charge is -2.31. The van der Waals surface area contributed by atoms with Crippen LogP contribution in [0.4, 0.5) is 0 Å². The number of hydrogen-bond donors (Lipinski definition) is 2. The summed E-state index contributed by atoms with van der Waals surface area (Å²) in [7, 11) is 0. The molecule has 27 heavy (non-hydrogen) atoms. The molecule has 2 aromatic carbocycles. The van der Waals surface area contributed by atoms with Crippen molar-refractivity contribution < 1.29 is 0 Å². The van der Waals surface area contributed by atoms with Gasteiger partial charge in [-0.25, -0.2) is 4.98 Å². The van der Waals surface area contributed by atoms with E-state index in [0.717, 1.165) is 42.4 Å². The Morgan fingerprint density at radius 2 is 1.52 bits per heavy atom. The van der Waals surface area contributed by atoms with Crippen molar-refractivity contribution in [3.8, 4) is 0 Å². The zero-order valence-corrected chi connectivity index (χ0v) is 17.0. The molecule has 0 radical (unpaired) electrons. The molecule has 3 rings (SSSR count). The lowest BCUT2D eigenvalue weighted by molar-refractivity contribution is 0.492. The zero-order valence-electron chi connectivity index (χ0n) is 15.5. The van der Waals surface area contributed by atoms with Crippen LogP contribution in [0.25, 0.3) is 0 Å². The van der Waals surface area contributed by atoms with Crippen LogP contribution in [0.3, 0.4) is 0 Å². The van der Waals surface area contributed by atoms with Crippen LogP contribution in [0, 0.1) is 0 Å². The lowest BCUT2D eigenvalue weighted by Crippen LogP contribution is -2.37. The van der Waals surface area contributed by atoms with Gasteiger partial charge in [0.25, 0.3) is 0 Å². The molecule has 142 valence electrons. The van der Waals surface area contributed by atoms with Crippen molar-refractivity contribution in [2.45, 2.75) is 31.6 Å². The molecule has 0 atom stereocenters. The topological polar surface area (TPSA) is 40.7 Å². The molecule has 0 aliphatic rings. The number of hydrogen-bond acceptors (Lipinski definition) is 2. The summed E-state index contributed by atoms with van der Waals surface area (Å²) in [5, 5.41) is 5.15. The predicted molar refractivity (Wildman–Crippen MR) is 114 cm³/mol. The SMILES string of the molecule is CC(CNCCCCc1cnc[nH]1)(c1ccc(Cl)cc1)c1ccc(Cl)cc1. The van der Waals surface area contributed by atoms with Crippen LogP contribution in [0.1, 0.15) is 36.6 Å². The lowest BCUT2D eigenvalue weighted by atomic mass is 9.76. The Morgan fingerprint density at radius 3 is 2.04 bits per heavy atom. The van der Waals surface area contributed by atoms with Crippen LogP contribution >= 0.6 is 23.2 Å². The van der Waals surface area contributed by atoms with Crippen LogP contribution in [0.2, 0.25) is 10.0 Å².